The highest BCUT2D eigenvalue weighted by Gasteiger charge is 2.33. The molecule has 172 valence electrons. The van der Waals surface area contributed by atoms with Gasteiger partial charge < -0.3 is 10.6 Å². The van der Waals surface area contributed by atoms with E-state index in [0.29, 0.717) is 12.8 Å². The number of anilines is 1. The molecule has 1 aliphatic rings. The van der Waals surface area contributed by atoms with Crippen molar-refractivity contribution in [2.45, 2.75) is 31.6 Å². The Morgan fingerprint density at radius 3 is 2.25 bits per heavy atom. The first kappa shape index (κ1) is 24.5. The molecule has 32 heavy (non-hydrogen) atoms. The predicted molar refractivity (Wildman–Crippen MR) is 126 cm³/mol. The van der Waals surface area contributed by atoms with Crippen LogP contribution in [0.4, 0.5) is 5.69 Å². The zero-order chi connectivity index (χ0) is 23.5. The van der Waals surface area contributed by atoms with E-state index in [2.05, 4.69) is 10.6 Å². The van der Waals surface area contributed by atoms with Crippen LogP contribution in [-0.2, 0) is 19.6 Å². The lowest BCUT2D eigenvalue weighted by atomic mass is 9.97. The van der Waals surface area contributed by atoms with Gasteiger partial charge in [-0.2, -0.15) is 4.31 Å². The molecule has 1 aliphatic heterocycles. The second kappa shape index (κ2) is 10.2. The number of nitrogens with zero attached hydrogens (tertiary/aromatic N) is 1. The molecule has 0 saturated carbocycles. The monoisotopic (exact) mass is 497 g/mol. The van der Waals surface area contributed by atoms with E-state index in [1.54, 1.807) is 0 Å². The molecular formula is C22H25Cl2N3O4S. The maximum Gasteiger partial charge on any atom is 0.244 e. The Hall–Kier alpha value is -2.13. The summed E-state index contributed by atoms with van der Waals surface area (Å²) in [6, 6.07) is 10.2. The summed E-state index contributed by atoms with van der Waals surface area (Å²) in [7, 11) is -3.81. The van der Waals surface area contributed by atoms with Crippen LogP contribution in [0, 0.1) is 19.8 Å². The highest BCUT2D eigenvalue weighted by molar-refractivity contribution is 7.89. The van der Waals surface area contributed by atoms with E-state index >= 15 is 0 Å². The number of piperidine rings is 1. The van der Waals surface area contributed by atoms with Gasteiger partial charge in [0.15, 0.2) is 0 Å². The largest absolute Gasteiger partial charge is 0.347 e. The van der Waals surface area contributed by atoms with E-state index in [4.69, 9.17) is 23.2 Å². The topological polar surface area (TPSA) is 95.6 Å². The van der Waals surface area contributed by atoms with Gasteiger partial charge in [-0.25, -0.2) is 8.42 Å². The number of hydrogen-bond donors (Lipinski definition) is 2. The first-order valence-electron chi connectivity index (χ1n) is 10.2. The summed E-state index contributed by atoms with van der Waals surface area (Å²) < 4.78 is 27.1. The van der Waals surface area contributed by atoms with Crippen molar-refractivity contribution in [2.75, 3.05) is 25.0 Å². The quantitative estimate of drug-likeness (QED) is 0.634. The van der Waals surface area contributed by atoms with Gasteiger partial charge in [-0.3, -0.25) is 9.59 Å². The second-order valence-corrected chi connectivity index (χ2v) is 10.5. The first-order valence-corrected chi connectivity index (χ1v) is 12.4. The second-order valence-electron chi connectivity index (χ2n) is 7.76. The summed E-state index contributed by atoms with van der Waals surface area (Å²) in [5.74, 6) is -0.949. The van der Waals surface area contributed by atoms with Crippen LogP contribution in [0.1, 0.15) is 24.0 Å². The SMILES string of the molecule is Cc1cccc(C)c1NC(=O)CNC(=O)C1CCN(S(=O)(=O)c2cccc(Cl)c2Cl)CC1. The van der Waals surface area contributed by atoms with Crippen LogP contribution >= 0.6 is 23.2 Å². The van der Waals surface area contributed by atoms with Gasteiger partial charge in [0, 0.05) is 24.7 Å². The van der Waals surface area contributed by atoms with Crippen LogP contribution < -0.4 is 10.6 Å². The Bertz CT molecular complexity index is 1110. The van der Waals surface area contributed by atoms with Gasteiger partial charge in [0.05, 0.1) is 16.6 Å². The molecule has 1 fully saturated rings. The number of sulfonamides is 1. The van der Waals surface area contributed by atoms with Crippen LogP contribution in [0.25, 0.3) is 0 Å². The molecule has 2 aromatic rings. The van der Waals surface area contributed by atoms with Gasteiger partial charge in [0.1, 0.15) is 4.90 Å². The van der Waals surface area contributed by atoms with Gasteiger partial charge in [-0.05, 0) is 49.9 Å². The van der Waals surface area contributed by atoms with E-state index in [1.807, 2.05) is 32.0 Å². The fraction of sp³-hybridized carbons (Fsp3) is 0.364. The van der Waals surface area contributed by atoms with Crippen molar-refractivity contribution in [3.8, 4) is 0 Å². The molecule has 0 spiro atoms. The molecule has 0 unspecified atom stereocenters. The normalized spacial score (nSPS) is 15.4. The number of para-hydroxylation sites is 1. The van der Waals surface area contributed by atoms with Crippen LogP contribution in [0.2, 0.25) is 10.0 Å². The third-order valence-corrected chi connectivity index (χ3v) is 8.40. The summed E-state index contributed by atoms with van der Waals surface area (Å²) in [5.41, 5.74) is 2.63. The van der Waals surface area contributed by atoms with E-state index in [0.717, 1.165) is 16.8 Å². The lowest BCUT2D eigenvalue weighted by Crippen LogP contribution is -2.44. The number of amides is 2. The minimum atomic E-state index is -3.81. The van der Waals surface area contributed by atoms with Crippen molar-refractivity contribution in [3.63, 3.8) is 0 Å². The molecule has 2 amide bonds. The number of aryl methyl sites for hydroxylation is 2. The van der Waals surface area contributed by atoms with E-state index in [9.17, 15) is 18.0 Å². The molecule has 0 aliphatic carbocycles. The van der Waals surface area contributed by atoms with Gasteiger partial charge in [-0.15, -0.1) is 0 Å². The highest BCUT2D eigenvalue weighted by Crippen LogP contribution is 2.32. The Morgan fingerprint density at radius 2 is 1.62 bits per heavy atom. The molecule has 0 atom stereocenters. The molecule has 2 N–H and O–H groups in total. The molecule has 0 bridgehead atoms. The van der Waals surface area contributed by atoms with Crippen LogP contribution in [0.3, 0.4) is 0 Å². The molecule has 1 saturated heterocycles. The summed E-state index contributed by atoms with van der Waals surface area (Å²) >= 11 is 12.0. The molecule has 2 aromatic carbocycles. The van der Waals surface area contributed by atoms with Crippen LogP contribution in [0.5, 0.6) is 0 Å². The Kier molecular flexibility index (Phi) is 7.82. The van der Waals surface area contributed by atoms with Crippen molar-refractivity contribution in [1.82, 2.24) is 9.62 Å². The molecule has 0 radical (unpaired) electrons. The predicted octanol–water partition coefficient (Wildman–Crippen LogP) is 3.77. The summed E-state index contributed by atoms with van der Waals surface area (Å²) in [4.78, 5) is 24.7. The number of benzene rings is 2. The minimum Gasteiger partial charge on any atom is -0.347 e. The van der Waals surface area contributed by atoms with Crippen molar-refractivity contribution in [1.29, 1.82) is 0 Å². The highest BCUT2D eigenvalue weighted by atomic mass is 35.5. The summed E-state index contributed by atoms with van der Waals surface area (Å²) in [6.07, 6.45) is 0.698. The van der Waals surface area contributed by atoms with Crippen LogP contribution in [0.15, 0.2) is 41.3 Å². The van der Waals surface area contributed by atoms with Gasteiger partial charge >= 0.3 is 0 Å². The Balaban J connectivity index is 1.53. The minimum absolute atomic E-state index is 0.0102. The Morgan fingerprint density at radius 1 is 1.03 bits per heavy atom. The third-order valence-electron chi connectivity index (χ3n) is 5.53. The number of hydrogen-bond acceptors (Lipinski definition) is 4. The number of nitrogens with one attached hydrogen (secondary N) is 2. The fourth-order valence-corrected chi connectivity index (χ4v) is 5.89. The smallest absolute Gasteiger partial charge is 0.244 e. The summed E-state index contributed by atoms with van der Waals surface area (Å²) in [6.45, 7) is 4.01. The van der Waals surface area contributed by atoms with Gasteiger partial charge in [0.2, 0.25) is 21.8 Å². The maximum atomic E-state index is 12.9. The Labute approximate surface area is 198 Å². The van der Waals surface area contributed by atoms with Crippen molar-refractivity contribution in [2.24, 2.45) is 5.92 Å². The lowest BCUT2D eigenvalue weighted by molar-refractivity contribution is -0.128. The maximum absolute atomic E-state index is 12.9. The zero-order valence-corrected chi connectivity index (χ0v) is 20.1. The number of rotatable bonds is 6. The summed E-state index contributed by atoms with van der Waals surface area (Å²) in [5, 5.41) is 5.64. The van der Waals surface area contributed by atoms with E-state index in [1.165, 1.54) is 22.5 Å². The average molecular weight is 498 g/mol. The number of carbonyl (C=O) groups excluding carboxylic acids is 2. The molecule has 7 nitrogen and oxygen atoms in total. The molecule has 0 aromatic heterocycles. The number of halogens is 2. The van der Waals surface area contributed by atoms with Crippen molar-refractivity contribution in [3.05, 3.63) is 57.6 Å². The fourth-order valence-electron chi connectivity index (χ4n) is 3.69. The first-order chi connectivity index (χ1) is 15.1. The number of carbonyl (C=O) groups is 2. The van der Waals surface area contributed by atoms with Gasteiger partial charge in [0.25, 0.3) is 0 Å². The molecule has 10 heteroatoms. The van der Waals surface area contributed by atoms with Crippen LogP contribution in [-0.4, -0.2) is 44.2 Å². The molecule has 1 heterocycles. The average Bonchev–Trinajstić information content (AvgIpc) is 2.76. The van der Waals surface area contributed by atoms with E-state index < -0.39 is 10.0 Å². The molecular weight excluding hydrogens is 473 g/mol. The standard InChI is InChI=1S/C22H25Cl2N3O4S/c1-14-5-3-6-15(2)21(14)26-19(28)13-25-22(29)16-9-11-27(12-10-16)32(30,31)18-8-4-7-17(23)20(18)24/h3-8,16H,9-13H2,1-2H3,(H,25,29)(H,26,28). The lowest BCUT2D eigenvalue weighted by Gasteiger charge is -2.30. The van der Waals surface area contributed by atoms with Crippen molar-refractivity contribution >= 4 is 50.7 Å². The zero-order valence-electron chi connectivity index (χ0n) is 17.8. The molecule has 3 rings (SSSR count). The van der Waals surface area contributed by atoms with E-state index in [-0.39, 0.29) is 52.3 Å². The van der Waals surface area contributed by atoms with Gasteiger partial charge in [-0.1, -0.05) is 47.5 Å². The third kappa shape index (κ3) is 5.43. The van der Waals surface area contributed by atoms with Crippen molar-refractivity contribution < 1.29 is 18.0 Å².